The molecule has 26 heavy (non-hydrogen) atoms. The molecule has 6 nitrogen and oxygen atoms in total. The first-order valence-electron chi connectivity index (χ1n) is 8.78. The summed E-state index contributed by atoms with van der Waals surface area (Å²) in [5, 5.41) is 0. The van der Waals surface area contributed by atoms with Gasteiger partial charge in [0, 0.05) is 32.4 Å². The molecular formula is C20H29NO5. The van der Waals surface area contributed by atoms with E-state index >= 15 is 0 Å². The van der Waals surface area contributed by atoms with Crippen molar-refractivity contribution < 1.29 is 23.8 Å². The van der Waals surface area contributed by atoms with Gasteiger partial charge in [-0.25, -0.2) is 0 Å². The molecule has 6 heteroatoms. The van der Waals surface area contributed by atoms with Crippen LogP contribution in [0.4, 0.5) is 0 Å². The van der Waals surface area contributed by atoms with Gasteiger partial charge in [-0.05, 0) is 37.1 Å². The minimum atomic E-state index is -0.388. The second-order valence-electron chi connectivity index (χ2n) is 5.87. The molecule has 0 aliphatic carbocycles. The fourth-order valence-corrected chi connectivity index (χ4v) is 2.42. The Morgan fingerprint density at radius 1 is 1.27 bits per heavy atom. The van der Waals surface area contributed by atoms with Gasteiger partial charge < -0.3 is 19.1 Å². The molecule has 0 N–H and O–H groups in total. The Kier molecular flexibility index (Phi) is 10.1. The third-order valence-corrected chi connectivity index (χ3v) is 3.84. The van der Waals surface area contributed by atoms with Crippen molar-refractivity contribution in [1.29, 1.82) is 0 Å². The fraction of sp³-hybridized carbons (Fsp3) is 0.500. The second-order valence-corrected chi connectivity index (χ2v) is 5.87. The molecule has 0 bridgehead atoms. The van der Waals surface area contributed by atoms with Gasteiger partial charge in [-0.1, -0.05) is 19.1 Å². The van der Waals surface area contributed by atoms with Gasteiger partial charge in [0.1, 0.15) is 5.75 Å². The molecule has 1 rings (SSSR count). The topological polar surface area (TPSA) is 65.1 Å². The number of ether oxygens (including phenoxy) is 3. The lowest BCUT2D eigenvalue weighted by Crippen LogP contribution is -2.37. The summed E-state index contributed by atoms with van der Waals surface area (Å²) in [4.78, 5) is 25.9. The molecule has 0 aliphatic heterocycles. The normalized spacial score (nSPS) is 12.0. The van der Waals surface area contributed by atoms with E-state index in [0.717, 1.165) is 11.3 Å². The molecule has 1 amide bonds. The van der Waals surface area contributed by atoms with Crippen LogP contribution in [0.15, 0.2) is 30.3 Å². The summed E-state index contributed by atoms with van der Waals surface area (Å²) >= 11 is 0. The maximum Gasteiger partial charge on any atom is 0.310 e. The van der Waals surface area contributed by atoms with Crippen molar-refractivity contribution >= 4 is 18.0 Å². The van der Waals surface area contributed by atoms with Gasteiger partial charge >= 0.3 is 5.97 Å². The molecule has 144 valence electrons. The lowest BCUT2D eigenvalue weighted by atomic mass is 10.1. The van der Waals surface area contributed by atoms with Crippen LogP contribution >= 0.6 is 0 Å². The zero-order chi connectivity index (χ0) is 19.4. The van der Waals surface area contributed by atoms with Gasteiger partial charge in [0.25, 0.3) is 0 Å². The Morgan fingerprint density at radius 3 is 2.69 bits per heavy atom. The Hall–Kier alpha value is -2.34. The number of carbonyl (C=O) groups is 2. The van der Waals surface area contributed by atoms with Crippen LogP contribution in [0.5, 0.6) is 5.75 Å². The third-order valence-electron chi connectivity index (χ3n) is 3.84. The lowest BCUT2D eigenvalue weighted by molar-refractivity contribution is -0.146. The standard InChI is InChI=1S/C20H29NO5/c1-5-26-13-7-12-21(15-16(2)20(23)25-4)19(22)11-10-17-8-6-9-18(14-17)24-3/h6,8-11,14,16H,5,7,12-13,15H2,1-4H3/b11-10+. The highest BCUT2D eigenvalue weighted by molar-refractivity contribution is 5.92. The summed E-state index contributed by atoms with van der Waals surface area (Å²) in [5.74, 6) is -0.141. The Labute approximate surface area is 155 Å². The Morgan fingerprint density at radius 2 is 2.04 bits per heavy atom. The van der Waals surface area contributed by atoms with Crippen LogP contribution in [-0.4, -0.2) is 57.3 Å². The van der Waals surface area contributed by atoms with E-state index in [9.17, 15) is 9.59 Å². The van der Waals surface area contributed by atoms with Gasteiger partial charge in [-0.3, -0.25) is 9.59 Å². The van der Waals surface area contributed by atoms with Crippen molar-refractivity contribution in [1.82, 2.24) is 4.90 Å². The summed E-state index contributed by atoms with van der Waals surface area (Å²) in [6.45, 7) is 5.72. The largest absolute Gasteiger partial charge is 0.497 e. The van der Waals surface area contributed by atoms with Gasteiger partial charge in [-0.15, -0.1) is 0 Å². The van der Waals surface area contributed by atoms with E-state index in [4.69, 9.17) is 14.2 Å². The number of hydrogen-bond donors (Lipinski definition) is 0. The zero-order valence-electron chi connectivity index (χ0n) is 16.1. The Bertz CT molecular complexity index is 600. The Balaban J connectivity index is 2.77. The molecule has 0 radical (unpaired) electrons. The monoisotopic (exact) mass is 363 g/mol. The first-order valence-corrected chi connectivity index (χ1v) is 8.78. The second kappa shape index (κ2) is 12.1. The van der Waals surface area contributed by atoms with Crippen molar-refractivity contribution in [2.24, 2.45) is 5.92 Å². The highest BCUT2D eigenvalue weighted by Gasteiger charge is 2.20. The molecule has 0 heterocycles. The van der Waals surface area contributed by atoms with Crippen LogP contribution in [0.25, 0.3) is 6.08 Å². The summed E-state index contributed by atoms with van der Waals surface area (Å²) in [6.07, 6.45) is 3.96. The van der Waals surface area contributed by atoms with Crippen LogP contribution in [-0.2, 0) is 19.1 Å². The summed E-state index contributed by atoms with van der Waals surface area (Å²) in [5.41, 5.74) is 0.869. The highest BCUT2D eigenvalue weighted by atomic mass is 16.5. The number of esters is 1. The molecular weight excluding hydrogens is 334 g/mol. The van der Waals surface area contributed by atoms with Crippen LogP contribution in [0.1, 0.15) is 25.8 Å². The average Bonchev–Trinajstić information content (AvgIpc) is 2.67. The van der Waals surface area contributed by atoms with E-state index in [1.165, 1.54) is 13.2 Å². The number of carbonyl (C=O) groups excluding carboxylic acids is 2. The number of hydrogen-bond acceptors (Lipinski definition) is 5. The first-order chi connectivity index (χ1) is 12.5. The van der Waals surface area contributed by atoms with Gasteiger partial charge in [0.15, 0.2) is 0 Å². The number of benzene rings is 1. The van der Waals surface area contributed by atoms with Crippen LogP contribution in [0, 0.1) is 5.92 Å². The SMILES string of the molecule is CCOCCCN(CC(C)C(=O)OC)C(=O)/C=C/c1cccc(OC)c1. The van der Waals surface area contributed by atoms with Crippen molar-refractivity contribution in [2.45, 2.75) is 20.3 Å². The van der Waals surface area contributed by atoms with Crippen molar-refractivity contribution in [3.63, 3.8) is 0 Å². The van der Waals surface area contributed by atoms with Crippen LogP contribution in [0.3, 0.4) is 0 Å². The van der Waals surface area contributed by atoms with E-state index < -0.39 is 0 Å². The average molecular weight is 363 g/mol. The van der Waals surface area contributed by atoms with Crippen molar-refractivity contribution in [3.8, 4) is 5.75 Å². The smallest absolute Gasteiger partial charge is 0.310 e. The highest BCUT2D eigenvalue weighted by Crippen LogP contribution is 2.14. The predicted molar refractivity (Wildman–Crippen MR) is 101 cm³/mol. The number of amides is 1. The van der Waals surface area contributed by atoms with Crippen molar-refractivity contribution in [3.05, 3.63) is 35.9 Å². The maximum absolute atomic E-state index is 12.6. The third kappa shape index (κ3) is 7.70. The molecule has 1 atom stereocenters. The molecule has 0 aliphatic rings. The predicted octanol–water partition coefficient (Wildman–Crippen LogP) is 2.77. The molecule has 0 saturated carbocycles. The van der Waals surface area contributed by atoms with Crippen LogP contribution in [0.2, 0.25) is 0 Å². The molecule has 1 aromatic carbocycles. The van der Waals surface area contributed by atoms with E-state index in [1.54, 1.807) is 25.0 Å². The summed E-state index contributed by atoms with van der Waals surface area (Å²) < 4.78 is 15.3. The van der Waals surface area contributed by atoms with E-state index in [0.29, 0.717) is 32.7 Å². The lowest BCUT2D eigenvalue weighted by Gasteiger charge is -2.24. The van der Waals surface area contributed by atoms with Crippen LogP contribution < -0.4 is 4.74 Å². The van der Waals surface area contributed by atoms with Gasteiger partial charge in [0.05, 0.1) is 20.1 Å². The maximum atomic E-state index is 12.6. The summed E-state index contributed by atoms with van der Waals surface area (Å²) in [6, 6.07) is 7.45. The quantitative estimate of drug-likeness (QED) is 0.344. The molecule has 0 aromatic heterocycles. The van der Waals surface area contributed by atoms with Gasteiger partial charge in [0.2, 0.25) is 5.91 Å². The molecule has 0 fully saturated rings. The number of nitrogens with zero attached hydrogens (tertiary/aromatic N) is 1. The molecule has 1 aromatic rings. The number of methoxy groups -OCH3 is 2. The number of rotatable bonds is 11. The molecule has 0 saturated heterocycles. The zero-order valence-corrected chi connectivity index (χ0v) is 16.1. The van der Waals surface area contributed by atoms with E-state index in [1.807, 2.05) is 31.2 Å². The minimum absolute atomic E-state index is 0.153. The van der Waals surface area contributed by atoms with Gasteiger partial charge in [-0.2, -0.15) is 0 Å². The molecule has 0 spiro atoms. The van der Waals surface area contributed by atoms with E-state index in [2.05, 4.69) is 0 Å². The first kappa shape index (κ1) is 21.7. The van der Waals surface area contributed by atoms with Crippen molar-refractivity contribution in [2.75, 3.05) is 40.5 Å². The minimum Gasteiger partial charge on any atom is -0.497 e. The molecule has 1 unspecified atom stereocenters. The summed E-state index contributed by atoms with van der Waals surface area (Å²) in [7, 11) is 2.95. The fourth-order valence-electron chi connectivity index (χ4n) is 2.42. The van der Waals surface area contributed by atoms with E-state index in [-0.39, 0.29) is 17.8 Å².